The molecule has 4 nitrogen and oxygen atoms in total. The molecule has 3 heterocycles. The smallest absolute Gasteiger partial charge is 0.282 e. The lowest BCUT2D eigenvalue weighted by Crippen LogP contribution is -2.39. The van der Waals surface area contributed by atoms with Crippen LogP contribution < -0.4 is 0 Å². The summed E-state index contributed by atoms with van der Waals surface area (Å²) >= 11 is 1.51. The Morgan fingerprint density at radius 2 is 2.05 bits per heavy atom. The molecule has 4 rings (SSSR count). The number of rotatable bonds is 1. The molecule has 21 heavy (non-hydrogen) atoms. The fraction of sp³-hybridized carbons (Fsp3) is 0.500. The summed E-state index contributed by atoms with van der Waals surface area (Å²) in [6.45, 7) is 1.71. The van der Waals surface area contributed by atoms with Crippen LogP contribution in [-0.2, 0) is 0 Å². The second kappa shape index (κ2) is 5.07. The van der Waals surface area contributed by atoms with Crippen LogP contribution in [0.5, 0.6) is 0 Å². The molecule has 2 bridgehead atoms. The minimum atomic E-state index is 0.108. The van der Waals surface area contributed by atoms with Crippen LogP contribution in [0.3, 0.4) is 0 Å². The number of likely N-dealkylation sites (tertiary alicyclic amines) is 1. The van der Waals surface area contributed by atoms with E-state index in [1.165, 1.54) is 24.2 Å². The van der Waals surface area contributed by atoms with Crippen molar-refractivity contribution in [2.75, 3.05) is 20.1 Å². The number of likely N-dealkylation sites (N-methyl/N-ethyl adjacent to an activating group) is 1. The van der Waals surface area contributed by atoms with Crippen molar-refractivity contribution in [3.8, 4) is 0 Å². The van der Waals surface area contributed by atoms with Gasteiger partial charge in [-0.1, -0.05) is 12.1 Å². The molecule has 2 aromatic rings. The molecule has 2 fully saturated rings. The Bertz CT molecular complexity index is 650. The molecule has 0 N–H and O–H groups in total. The maximum atomic E-state index is 12.8. The molecular formula is C16H19N3OS. The van der Waals surface area contributed by atoms with E-state index in [0.29, 0.717) is 17.1 Å². The molecule has 2 saturated heterocycles. The predicted molar refractivity (Wildman–Crippen MR) is 84.7 cm³/mol. The maximum Gasteiger partial charge on any atom is 0.282 e. The predicted octanol–water partition coefficient (Wildman–Crippen LogP) is 2.61. The van der Waals surface area contributed by atoms with Gasteiger partial charge >= 0.3 is 0 Å². The summed E-state index contributed by atoms with van der Waals surface area (Å²) in [6, 6.07) is 9.15. The van der Waals surface area contributed by atoms with Crippen LogP contribution in [0.25, 0.3) is 10.2 Å². The van der Waals surface area contributed by atoms with Crippen LogP contribution in [0.2, 0.25) is 0 Å². The number of nitrogens with zero attached hydrogens (tertiary/aromatic N) is 3. The van der Waals surface area contributed by atoms with E-state index in [-0.39, 0.29) is 5.91 Å². The Balaban J connectivity index is 1.59. The topological polar surface area (TPSA) is 36.4 Å². The fourth-order valence-electron chi connectivity index (χ4n) is 3.59. The van der Waals surface area contributed by atoms with Crippen molar-refractivity contribution in [1.29, 1.82) is 0 Å². The molecule has 1 amide bonds. The number of amides is 1. The zero-order valence-corrected chi connectivity index (χ0v) is 13.0. The van der Waals surface area contributed by atoms with E-state index in [1.807, 2.05) is 29.2 Å². The number of fused-ring (bicyclic) bond motifs is 3. The van der Waals surface area contributed by atoms with Gasteiger partial charge in [0.15, 0.2) is 5.01 Å². The molecule has 0 saturated carbocycles. The maximum absolute atomic E-state index is 12.8. The van der Waals surface area contributed by atoms with Crippen LogP contribution in [-0.4, -0.2) is 52.9 Å². The molecule has 0 spiro atoms. The first-order valence-electron chi connectivity index (χ1n) is 7.59. The number of thiazole rings is 1. The summed E-state index contributed by atoms with van der Waals surface area (Å²) < 4.78 is 1.09. The van der Waals surface area contributed by atoms with Crippen molar-refractivity contribution in [2.24, 2.45) is 0 Å². The average Bonchev–Trinajstić information content (AvgIpc) is 3.00. The van der Waals surface area contributed by atoms with Gasteiger partial charge in [-0.05, 0) is 38.4 Å². The van der Waals surface area contributed by atoms with Crippen molar-refractivity contribution < 1.29 is 4.79 Å². The Morgan fingerprint density at radius 3 is 2.90 bits per heavy atom. The molecule has 5 heteroatoms. The summed E-state index contributed by atoms with van der Waals surface area (Å²) in [5.74, 6) is 0.108. The Labute approximate surface area is 128 Å². The number of carbonyl (C=O) groups excluding carboxylic acids is 1. The zero-order chi connectivity index (χ0) is 14.4. The van der Waals surface area contributed by atoms with Crippen LogP contribution in [0.1, 0.15) is 29.1 Å². The second-order valence-electron chi connectivity index (χ2n) is 6.08. The number of para-hydroxylation sites is 1. The van der Waals surface area contributed by atoms with Gasteiger partial charge in [-0.2, -0.15) is 0 Å². The summed E-state index contributed by atoms with van der Waals surface area (Å²) in [7, 11) is 2.20. The first kappa shape index (κ1) is 13.2. The van der Waals surface area contributed by atoms with Gasteiger partial charge in [0.25, 0.3) is 5.91 Å². The number of benzene rings is 1. The molecule has 2 aliphatic heterocycles. The molecule has 0 aliphatic carbocycles. The lowest BCUT2D eigenvalue weighted by Gasteiger charge is -2.25. The highest BCUT2D eigenvalue weighted by Gasteiger charge is 2.36. The van der Waals surface area contributed by atoms with E-state index < -0.39 is 0 Å². The molecule has 2 atom stereocenters. The number of hydrogen-bond donors (Lipinski definition) is 0. The molecule has 1 aromatic heterocycles. The van der Waals surface area contributed by atoms with E-state index in [1.54, 1.807) is 0 Å². The third-order valence-corrected chi connectivity index (χ3v) is 5.94. The Kier molecular flexibility index (Phi) is 3.19. The van der Waals surface area contributed by atoms with Crippen molar-refractivity contribution in [3.63, 3.8) is 0 Å². The van der Waals surface area contributed by atoms with E-state index in [0.717, 1.165) is 29.7 Å². The minimum Gasteiger partial charge on any atom is -0.335 e. The molecule has 110 valence electrons. The van der Waals surface area contributed by atoms with E-state index in [2.05, 4.69) is 16.9 Å². The van der Waals surface area contributed by atoms with Gasteiger partial charge in [-0.15, -0.1) is 11.3 Å². The number of carbonyl (C=O) groups is 1. The van der Waals surface area contributed by atoms with Crippen molar-refractivity contribution >= 4 is 27.5 Å². The summed E-state index contributed by atoms with van der Waals surface area (Å²) in [5, 5.41) is 0.636. The summed E-state index contributed by atoms with van der Waals surface area (Å²) in [5.41, 5.74) is 0.930. The summed E-state index contributed by atoms with van der Waals surface area (Å²) in [6.07, 6.45) is 3.58. The molecular weight excluding hydrogens is 282 g/mol. The van der Waals surface area contributed by atoms with Crippen LogP contribution in [0.15, 0.2) is 24.3 Å². The van der Waals surface area contributed by atoms with Gasteiger partial charge in [-0.25, -0.2) is 4.98 Å². The van der Waals surface area contributed by atoms with Crippen LogP contribution in [0.4, 0.5) is 0 Å². The highest BCUT2D eigenvalue weighted by Crippen LogP contribution is 2.30. The Hall–Kier alpha value is -1.46. The quantitative estimate of drug-likeness (QED) is 0.812. The monoisotopic (exact) mass is 301 g/mol. The van der Waals surface area contributed by atoms with Crippen LogP contribution in [0, 0.1) is 0 Å². The summed E-state index contributed by atoms with van der Waals surface area (Å²) in [4.78, 5) is 21.7. The van der Waals surface area contributed by atoms with E-state index in [4.69, 9.17) is 0 Å². The number of hydrogen-bond acceptors (Lipinski definition) is 4. The van der Waals surface area contributed by atoms with Crippen molar-refractivity contribution in [3.05, 3.63) is 29.3 Å². The first-order valence-corrected chi connectivity index (χ1v) is 8.41. The average molecular weight is 301 g/mol. The lowest BCUT2D eigenvalue weighted by atomic mass is 10.1. The largest absolute Gasteiger partial charge is 0.335 e. The van der Waals surface area contributed by atoms with E-state index >= 15 is 0 Å². The lowest BCUT2D eigenvalue weighted by molar-refractivity contribution is 0.0740. The van der Waals surface area contributed by atoms with Gasteiger partial charge in [0.2, 0.25) is 0 Å². The van der Waals surface area contributed by atoms with Gasteiger partial charge in [0, 0.05) is 25.2 Å². The number of aromatic nitrogens is 1. The fourth-order valence-corrected chi connectivity index (χ4v) is 4.53. The molecule has 2 aliphatic rings. The van der Waals surface area contributed by atoms with Crippen molar-refractivity contribution in [1.82, 2.24) is 14.8 Å². The Morgan fingerprint density at radius 1 is 1.24 bits per heavy atom. The first-order chi connectivity index (χ1) is 10.2. The van der Waals surface area contributed by atoms with Crippen molar-refractivity contribution in [2.45, 2.75) is 31.3 Å². The SMILES string of the molecule is CN1C2CCC1CN(C(=O)c1nc3ccccc3s1)CC2. The third-order valence-electron chi connectivity index (χ3n) is 4.91. The second-order valence-corrected chi connectivity index (χ2v) is 7.11. The minimum absolute atomic E-state index is 0.108. The van der Waals surface area contributed by atoms with Gasteiger partial charge in [-0.3, -0.25) is 9.69 Å². The molecule has 0 radical (unpaired) electrons. The molecule has 1 aromatic carbocycles. The van der Waals surface area contributed by atoms with Crippen LogP contribution >= 0.6 is 11.3 Å². The zero-order valence-electron chi connectivity index (χ0n) is 12.2. The highest BCUT2D eigenvalue weighted by molar-refractivity contribution is 7.20. The van der Waals surface area contributed by atoms with Gasteiger partial charge in [0.05, 0.1) is 10.2 Å². The third kappa shape index (κ3) is 2.24. The van der Waals surface area contributed by atoms with Gasteiger partial charge in [0.1, 0.15) is 0 Å². The van der Waals surface area contributed by atoms with Gasteiger partial charge < -0.3 is 4.90 Å². The standard InChI is InChI=1S/C16H19N3OS/c1-18-11-6-7-12(18)10-19(9-8-11)16(20)15-17-13-4-2-3-5-14(13)21-15/h2-5,11-12H,6-10H2,1H3. The normalized spacial score (nSPS) is 26.2. The van der Waals surface area contributed by atoms with E-state index in [9.17, 15) is 4.79 Å². The highest BCUT2D eigenvalue weighted by atomic mass is 32.1. The molecule has 2 unspecified atom stereocenters.